The lowest BCUT2D eigenvalue weighted by Crippen LogP contribution is -2.46. The van der Waals surface area contributed by atoms with Crippen LogP contribution in [-0.4, -0.2) is 75.9 Å². The summed E-state index contributed by atoms with van der Waals surface area (Å²) in [7, 11) is -2.94. The molecule has 0 fully saturated rings. The van der Waals surface area contributed by atoms with Crippen LogP contribution in [0.4, 0.5) is 0 Å². The van der Waals surface area contributed by atoms with Crippen LogP contribution in [-0.2, 0) is 46.8 Å². The van der Waals surface area contributed by atoms with Crippen molar-refractivity contribution in [1.29, 1.82) is 0 Å². The molecule has 2 amide bonds. The molecule has 14 nitrogen and oxygen atoms in total. The predicted octanol–water partition coefficient (Wildman–Crippen LogP) is 4.21. The molecule has 1 aliphatic heterocycles. The second-order valence-electron chi connectivity index (χ2n) is 14.6. The first-order valence-corrected chi connectivity index (χ1v) is 20.1. The van der Waals surface area contributed by atoms with Crippen LogP contribution in [0.3, 0.4) is 0 Å². The Hall–Kier alpha value is -5.18. The van der Waals surface area contributed by atoms with E-state index >= 15 is 0 Å². The number of ether oxygens (including phenoxy) is 3. The summed E-state index contributed by atoms with van der Waals surface area (Å²) in [5.41, 5.74) is 9.20. The van der Waals surface area contributed by atoms with E-state index in [1.54, 1.807) is 44.2 Å². The summed E-state index contributed by atoms with van der Waals surface area (Å²) in [4.78, 5) is 56.3. The molecular weight excluding hydrogens is 739 g/mol. The Balaban J connectivity index is 1.79. The van der Waals surface area contributed by atoms with Crippen molar-refractivity contribution < 1.29 is 41.8 Å². The van der Waals surface area contributed by atoms with Crippen LogP contribution < -0.4 is 30.6 Å². The number of sulfonamides is 1. The number of carbonyl (C=O) groups excluding carboxylic acids is 4. The van der Waals surface area contributed by atoms with Gasteiger partial charge < -0.3 is 30.6 Å². The molecule has 3 rings (SSSR count). The lowest BCUT2D eigenvalue weighted by atomic mass is 9.88. The molecule has 0 saturated heterocycles. The number of hydrogen-bond donors (Lipinski definition) is 4. The van der Waals surface area contributed by atoms with Crippen LogP contribution in [0, 0.1) is 26.7 Å². The van der Waals surface area contributed by atoms with Gasteiger partial charge in [-0.25, -0.2) is 17.9 Å². The molecule has 2 aromatic rings. The number of guanidine groups is 1. The van der Waals surface area contributed by atoms with Crippen molar-refractivity contribution in [2.75, 3.05) is 20.3 Å². The SMILES string of the molecule is C=CCOc1ccc(C[C@H](NC(C)=O)C(=O)C[C@@H](CCCN=C(N)NS(=O)(=O)c2c(C)c(C)c3c(c2C)CCC(C)(C)O3)C(=O)N[C@@H](CC=C)C(=O)OC)cc1. The summed E-state index contributed by atoms with van der Waals surface area (Å²) in [5.74, 6) is -2.05. The number of nitrogens with two attached hydrogens (primary N) is 1. The number of methoxy groups -OCH3 is 1. The molecule has 0 aromatic heterocycles. The Morgan fingerprint density at radius 3 is 2.30 bits per heavy atom. The van der Waals surface area contributed by atoms with Crippen molar-refractivity contribution in [1.82, 2.24) is 15.4 Å². The number of rotatable bonds is 20. The highest BCUT2D eigenvalue weighted by Crippen LogP contribution is 2.42. The standard InChI is InChI=1S/C41H57N5O9S/c1-10-13-33(39(50)53-9)45-38(49)30(24-35(48)34(44-28(6)47)23-29-15-17-31(18-16-29)54-22-11-2)14-12-21-43-40(42)46-56(51,52)37-26(4)25(3)36-32(27(37)5)19-20-41(7,8)55-36/h10-11,15-18,30,33-34H,1-2,12-14,19-24H2,3-9H3,(H,44,47)(H,45,49)(H3,42,43,46)/t30-,33+,34+/m1/s1. The Labute approximate surface area is 330 Å². The fourth-order valence-corrected chi connectivity index (χ4v) is 8.16. The number of hydrogen-bond acceptors (Lipinski definition) is 10. The summed E-state index contributed by atoms with van der Waals surface area (Å²) < 4.78 is 46.4. The molecular formula is C41H57N5O9S. The van der Waals surface area contributed by atoms with Crippen molar-refractivity contribution in [2.24, 2.45) is 16.6 Å². The van der Waals surface area contributed by atoms with Crippen LogP contribution in [0.5, 0.6) is 11.5 Å². The molecule has 0 bridgehead atoms. The summed E-state index contributed by atoms with van der Waals surface area (Å²) in [6.45, 7) is 18.2. The average molecular weight is 796 g/mol. The number of benzene rings is 2. The van der Waals surface area contributed by atoms with Crippen molar-refractivity contribution in [3.8, 4) is 11.5 Å². The van der Waals surface area contributed by atoms with Gasteiger partial charge in [0.15, 0.2) is 5.78 Å². The van der Waals surface area contributed by atoms with E-state index in [4.69, 9.17) is 19.9 Å². The van der Waals surface area contributed by atoms with Gasteiger partial charge >= 0.3 is 5.97 Å². The minimum atomic E-state index is -4.14. The Morgan fingerprint density at radius 2 is 1.70 bits per heavy atom. The lowest BCUT2D eigenvalue weighted by Gasteiger charge is -2.35. The Bertz CT molecular complexity index is 1920. The number of aliphatic imine (C=N–C) groups is 1. The molecule has 5 N–H and O–H groups in total. The van der Waals surface area contributed by atoms with Gasteiger partial charge in [-0.1, -0.05) is 30.9 Å². The highest BCUT2D eigenvalue weighted by atomic mass is 32.2. The second-order valence-corrected chi connectivity index (χ2v) is 16.2. The average Bonchev–Trinajstić information content (AvgIpc) is 3.13. The number of ketones is 1. The monoisotopic (exact) mass is 795 g/mol. The Kier molecular flexibility index (Phi) is 16.2. The van der Waals surface area contributed by atoms with Crippen LogP contribution in [0.25, 0.3) is 0 Å². The zero-order valence-electron chi connectivity index (χ0n) is 33.6. The third-order valence-electron chi connectivity index (χ3n) is 9.69. The Morgan fingerprint density at radius 1 is 1.02 bits per heavy atom. The first kappa shape index (κ1) is 45.2. The number of Topliss-reactive ketones (excluding diaryl/α,β-unsaturated/α-hetero) is 1. The number of amides is 2. The van der Waals surface area contributed by atoms with Gasteiger partial charge in [-0.15, -0.1) is 6.58 Å². The number of fused-ring (bicyclic) bond motifs is 1. The normalized spacial score (nSPS) is 15.2. The zero-order valence-corrected chi connectivity index (χ0v) is 34.4. The molecule has 0 aliphatic carbocycles. The molecule has 0 saturated carbocycles. The minimum Gasteiger partial charge on any atom is -0.490 e. The van der Waals surface area contributed by atoms with Gasteiger partial charge in [0.1, 0.15) is 29.7 Å². The van der Waals surface area contributed by atoms with Gasteiger partial charge in [0.2, 0.25) is 17.8 Å². The van der Waals surface area contributed by atoms with Crippen LogP contribution in [0.1, 0.15) is 80.7 Å². The second kappa shape index (κ2) is 20.1. The predicted molar refractivity (Wildman–Crippen MR) is 215 cm³/mol. The third-order valence-corrected chi connectivity index (χ3v) is 11.3. The van der Waals surface area contributed by atoms with E-state index in [1.807, 2.05) is 20.8 Å². The molecule has 0 radical (unpaired) electrons. The van der Waals surface area contributed by atoms with E-state index in [0.717, 1.165) is 23.1 Å². The molecule has 1 aliphatic rings. The zero-order chi connectivity index (χ0) is 41.8. The smallest absolute Gasteiger partial charge is 0.328 e. The number of esters is 1. The number of nitrogens with one attached hydrogen (secondary N) is 3. The highest BCUT2D eigenvalue weighted by Gasteiger charge is 2.34. The maximum Gasteiger partial charge on any atom is 0.328 e. The van der Waals surface area contributed by atoms with Crippen molar-refractivity contribution >= 4 is 39.5 Å². The van der Waals surface area contributed by atoms with Gasteiger partial charge in [0.25, 0.3) is 10.0 Å². The van der Waals surface area contributed by atoms with Crippen molar-refractivity contribution in [2.45, 2.75) is 109 Å². The first-order chi connectivity index (χ1) is 26.3. The lowest BCUT2D eigenvalue weighted by molar-refractivity contribution is -0.145. The van der Waals surface area contributed by atoms with E-state index in [0.29, 0.717) is 35.7 Å². The molecule has 0 spiro atoms. The third kappa shape index (κ3) is 12.4. The minimum absolute atomic E-state index is 0.0128. The van der Waals surface area contributed by atoms with Crippen molar-refractivity contribution in [3.05, 3.63) is 77.4 Å². The first-order valence-electron chi connectivity index (χ1n) is 18.6. The van der Waals surface area contributed by atoms with E-state index in [1.165, 1.54) is 20.1 Å². The summed E-state index contributed by atoms with van der Waals surface area (Å²) in [6, 6.07) is 5.07. The molecule has 1 heterocycles. The molecule has 0 unspecified atom stereocenters. The fraction of sp³-hybridized carbons (Fsp3) is 0.488. The molecule has 306 valence electrons. The van der Waals surface area contributed by atoms with Crippen LogP contribution in [0.2, 0.25) is 0 Å². The largest absolute Gasteiger partial charge is 0.490 e. The summed E-state index contributed by atoms with van der Waals surface area (Å²) >= 11 is 0. The maximum absolute atomic E-state index is 13.8. The number of nitrogens with zero attached hydrogens (tertiary/aromatic N) is 1. The van der Waals surface area contributed by atoms with Crippen LogP contribution >= 0.6 is 0 Å². The number of carbonyl (C=O) groups is 4. The maximum atomic E-state index is 13.8. The van der Waals surface area contributed by atoms with E-state index in [9.17, 15) is 27.6 Å². The quantitative estimate of drug-likeness (QED) is 0.0494. The highest BCUT2D eigenvalue weighted by molar-refractivity contribution is 7.90. The molecule has 2 aromatic carbocycles. The molecule has 3 atom stereocenters. The van der Waals surface area contributed by atoms with E-state index in [-0.39, 0.29) is 55.1 Å². The van der Waals surface area contributed by atoms with Gasteiger partial charge in [0.05, 0.1) is 18.0 Å². The fourth-order valence-electron chi connectivity index (χ4n) is 6.64. The summed E-state index contributed by atoms with van der Waals surface area (Å²) in [6.07, 6.45) is 4.79. The topological polar surface area (TPSA) is 205 Å². The summed E-state index contributed by atoms with van der Waals surface area (Å²) in [5, 5.41) is 5.36. The van der Waals surface area contributed by atoms with Gasteiger partial charge in [-0.3, -0.25) is 19.4 Å². The molecule has 56 heavy (non-hydrogen) atoms. The van der Waals surface area contributed by atoms with Gasteiger partial charge in [0, 0.05) is 25.8 Å². The molecule has 15 heteroatoms. The van der Waals surface area contributed by atoms with Gasteiger partial charge in [-0.05, 0) is 113 Å². The van der Waals surface area contributed by atoms with E-state index in [2.05, 4.69) is 33.5 Å². The van der Waals surface area contributed by atoms with Crippen molar-refractivity contribution in [3.63, 3.8) is 0 Å². The van der Waals surface area contributed by atoms with E-state index < -0.39 is 51.6 Å². The van der Waals surface area contributed by atoms with Gasteiger partial charge in [-0.2, -0.15) is 0 Å². The van der Waals surface area contributed by atoms with Crippen LogP contribution in [0.15, 0.2) is 59.5 Å².